The molecule has 2 aliphatic rings. The molecule has 19 heavy (non-hydrogen) atoms. The summed E-state index contributed by atoms with van der Waals surface area (Å²) in [6.07, 6.45) is 4.10. The third kappa shape index (κ3) is 3.01. The molecule has 0 saturated carbocycles. The fourth-order valence-corrected chi connectivity index (χ4v) is 4.59. The fraction of sp³-hybridized carbons (Fsp3) is 0.600. The number of anilines is 1. The summed E-state index contributed by atoms with van der Waals surface area (Å²) in [7, 11) is 0. The Morgan fingerprint density at radius 1 is 1.16 bits per heavy atom. The van der Waals surface area contributed by atoms with Crippen molar-refractivity contribution in [2.45, 2.75) is 30.6 Å². The Morgan fingerprint density at radius 2 is 1.95 bits per heavy atom. The van der Waals surface area contributed by atoms with Crippen molar-refractivity contribution < 1.29 is 0 Å². The topological polar surface area (TPSA) is 6.48 Å². The third-order valence-electron chi connectivity index (χ3n) is 4.37. The van der Waals surface area contributed by atoms with Gasteiger partial charge in [0, 0.05) is 34.6 Å². The SMILES string of the molecule is BrCc1ccc(N2CCC(N3CCCC3)C2)cc1Br. The van der Waals surface area contributed by atoms with Crippen LogP contribution in [0.3, 0.4) is 0 Å². The van der Waals surface area contributed by atoms with Crippen LogP contribution in [0.2, 0.25) is 0 Å². The zero-order valence-electron chi connectivity index (χ0n) is 11.1. The van der Waals surface area contributed by atoms with E-state index in [2.05, 4.69) is 59.9 Å². The first-order valence-corrected chi connectivity index (χ1v) is 9.03. The summed E-state index contributed by atoms with van der Waals surface area (Å²) in [5.74, 6) is 0. The average Bonchev–Trinajstić information content (AvgIpc) is 3.09. The van der Waals surface area contributed by atoms with Crippen LogP contribution >= 0.6 is 31.9 Å². The van der Waals surface area contributed by atoms with Gasteiger partial charge in [-0.1, -0.05) is 37.9 Å². The molecular weight excluding hydrogens is 368 g/mol. The molecule has 1 aromatic rings. The van der Waals surface area contributed by atoms with E-state index in [1.807, 2.05) is 0 Å². The highest BCUT2D eigenvalue weighted by Gasteiger charge is 2.29. The molecule has 1 unspecified atom stereocenters. The van der Waals surface area contributed by atoms with Crippen LogP contribution in [0.5, 0.6) is 0 Å². The predicted molar refractivity (Wildman–Crippen MR) is 88.2 cm³/mol. The van der Waals surface area contributed by atoms with Crippen LogP contribution in [0.1, 0.15) is 24.8 Å². The van der Waals surface area contributed by atoms with E-state index < -0.39 is 0 Å². The molecule has 2 heterocycles. The van der Waals surface area contributed by atoms with E-state index in [1.165, 1.54) is 61.2 Å². The summed E-state index contributed by atoms with van der Waals surface area (Å²) in [5.41, 5.74) is 2.68. The Kier molecular flexibility index (Phi) is 4.50. The minimum atomic E-state index is 0.775. The van der Waals surface area contributed by atoms with E-state index in [9.17, 15) is 0 Å². The number of hydrogen-bond acceptors (Lipinski definition) is 2. The molecule has 2 saturated heterocycles. The number of likely N-dealkylation sites (tertiary alicyclic amines) is 1. The molecule has 0 radical (unpaired) electrons. The zero-order chi connectivity index (χ0) is 13.2. The molecular formula is C15H20Br2N2. The molecule has 3 rings (SSSR count). The number of alkyl halides is 1. The van der Waals surface area contributed by atoms with Gasteiger partial charge < -0.3 is 4.90 Å². The molecule has 0 aromatic heterocycles. The highest BCUT2D eigenvalue weighted by Crippen LogP contribution is 2.29. The molecule has 0 N–H and O–H groups in total. The third-order valence-corrected chi connectivity index (χ3v) is 5.71. The number of hydrogen-bond donors (Lipinski definition) is 0. The van der Waals surface area contributed by atoms with Crippen molar-refractivity contribution in [3.05, 3.63) is 28.2 Å². The van der Waals surface area contributed by atoms with Crippen LogP contribution in [0.15, 0.2) is 22.7 Å². The Hall–Kier alpha value is -0.0600. The monoisotopic (exact) mass is 386 g/mol. The number of benzene rings is 1. The fourth-order valence-electron chi connectivity index (χ4n) is 3.22. The first kappa shape index (κ1) is 13.9. The standard InChI is InChI=1S/C15H20Br2N2/c16-10-12-3-4-13(9-15(12)17)19-8-5-14(11-19)18-6-1-2-7-18/h3-4,9,14H,1-2,5-8,10-11H2. The normalized spacial score (nSPS) is 24.3. The molecule has 0 spiro atoms. The summed E-state index contributed by atoms with van der Waals surface area (Å²) in [5, 5.41) is 0.907. The van der Waals surface area contributed by atoms with Gasteiger partial charge in [0.15, 0.2) is 0 Å². The molecule has 2 nitrogen and oxygen atoms in total. The van der Waals surface area contributed by atoms with Crippen LogP contribution in [0.25, 0.3) is 0 Å². The lowest BCUT2D eigenvalue weighted by Gasteiger charge is -2.24. The summed E-state index contributed by atoms with van der Waals surface area (Å²) in [6, 6.07) is 7.52. The van der Waals surface area contributed by atoms with E-state index >= 15 is 0 Å². The summed E-state index contributed by atoms with van der Waals surface area (Å²) in [4.78, 5) is 5.22. The van der Waals surface area contributed by atoms with Crippen LogP contribution in [0.4, 0.5) is 5.69 Å². The Balaban J connectivity index is 1.68. The molecule has 2 fully saturated rings. The van der Waals surface area contributed by atoms with Gasteiger partial charge in [0.05, 0.1) is 0 Å². The van der Waals surface area contributed by atoms with Gasteiger partial charge in [-0.25, -0.2) is 0 Å². The van der Waals surface area contributed by atoms with Crippen LogP contribution in [-0.2, 0) is 5.33 Å². The molecule has 1 atom stereocenters. The maximum absolute atomic E-state index is 3.67. The van der Waals surface area contributed by atoms with E-state index in [0.717, 1.165) is 11.4 Å². The van der Waals surface area contributed by atoms with Gasteiger partial charge in [-0.2, -0.15) is 0 Å². The lowest BCUT2D eigenvalue weighted by molar-refractivity contribution is 0.260. The van der Waals surface area contributed by atoms with Crippen LogP contribution in [-0.4, -0.2) is 37.1 Å². The van der Waals surface area contributed by atoms with Gasteiger partial charge in [-0.15, -0.1) is 0 Å². The molecule has 0 aliphatic carbocycles. The maximum atomic E-state index is 3.67. The smallest absolute Gasteiger partial charge is 0.0378 e. The molecule has 4 heteroatoms. The first-order chi connectivity index (χ1) is 9.28. The minimum Gasteiger partial charge on any atom is -0.370 e. The second-order valence-electron chi connectivity index (χ2n) is 5.54. The van der Waals surface area contributed by atoms with Gasteiger partial charge in [-0.3, -0.25) is 4.90 Å². The van der Waals surface area contributed by atoms with Gasteiger partial charge >= 0.3 is 0 Å². The van der Waals surface area contributed by atoms with E-state index in [0.29, 0.717) is 0 Å². The summed E-state index contributed by atoms with van der Waals surface area (Å²) in [6.45, 7) is 5.01. The van der Waals surface area contributed by atoms with E-state index in [1.54, 1.807) is 0 Å². The lowest BCUT2D eigenvalue weighted by atomic mass is 10.2. The Bertz CT molecular complexity index is 444. The molecule has 0 amide bonds. The van der Waals surface area contributed by atoms with Gasteiger partial charge in [-0.05, 0) is 50.0 Å². The molecule has 0 bridgehead atoms. The van der Waals surface area contributed by atoms with Crippen molar-refractivity contribution in [2.75, 3.05) is 31.1 Å². The quantitative estimate of drug-likeness (QED) is 0.722. The number of halogens is 2. The van der Waals surface area contributed by atoms with Gasteiger partial charge in [0.25, 0.3) is 0 Å². The first-order valence-electron chi connectivity index (χ1n) is 7.11. The molecule has 1 aromatic carbocycles. The van der Waals surface area contributed by atoms with Crippen molar-refractivity contribution >= 4 is 37.5 Å². The van der Waals surface area contributed by atoms with Crippen LogP contribution in [0, 0.1) is 0 Å². The number of rotatable bonds is 3. The molecule has 104 valence electrons. The van der Waals surface area contributed by atoms with E-state index in [-0.39, 0.29) is 0 Å². The van der Waals surface area contributed by atoms with Crippen molar-refractivity contribution in [2.24, 2.45) is 0 Å². The van der Waals surface area contributed by atoms with Crippen molar-refractivity contribution in [3.63, 3.8) is 0 Å². The van der Waals surface area contributed by atoms with Crippen LogP contribution < -0.4 is 4.90 Å². The summed E-state index contributed by atoms with van der Waals surface area (Å²) >= 11 is 7.19. The minimum absolute atomic E-state index is 0.775. The zero-order valence-corrected chi connectivity index (χ0v) is 14.3. The summed E-state index contributed by atoms with van der Waals surface area (Å²) < 4.78 is 1.21. The van der Waals surface area contributed by atoms with Crippen molar-refractivity contribution in [1.29, 1.82) is 0 Å². The van der Waals surface area contributed by atoms with Gasteiger partial charge in [0.1, 0.15) is 0 Å². The largest absolute Gasteiger partial charge is 0.370 e. The lowest BCUT2D eigenvalue weighted by Crippen LogP contribution is -2.35. The second-order valence-corrected chi connectivity index (χ2v) is 6.96. The highest BCUT2D eigenvalue weighted by atomic mass is 79.9. The Morgan fingerprint density at radius 3 is 2.63 bits per heavy atom. The predicted octanol–water partition coefficient (Wildman–Crippen LogP) is 4.02. The highest BCUT2D eigenvalue weighted by molar-refractivity contribution is 9.10. The number of nitrogens with zero attached hydrogens (tertiary/aromatic N) is 2. The molecule has 2 aliphatic heterocycles. The van der Waals surface area contributed by atoms with Crippen molar-refractivity contribution in [3.8, 4) is 0 Å². The maximum Gasteiger partial charge on any atom is 0.0378 e. The second kappa shape index (κ2) is 6.15. The van der Waals surface area contributed by atoms with E-state index in [4.69, 9.17) is 0 Å². The van der Waals surface area contributed by atoms with Gasteiger partial charge in [0.2, 0.25) is 0 Å². The van der Waals surface area contributed by atoms with Crippen molar-refractivity contribution in [1.82, 2.24) is 4.90 Å². The Labute approximate surface area is 132 Å². The average molecular weight is 388 g/mol.